The number of hydrogen-bond acceptors (Lipinski definition) is 5. The van der Waals surface area contributed by atoms with Crippen molar-refractivity contribution in [2.75, 3.05) is 0 Å². The van der Waals surface area contributed by atoms with Gasteiger partial charge in [0.15, 0.2) is 5.82 Å². The summed E-state index contributed by atoms with van der Waals surface area (Å²) in [6.45, 7) is 0. The summed E-state index contributed by atoms with van der Waals surface area (Å²) in [5, 5.41) is 2.37. The zero-order valence-corrected chi connectivity index (χ0v) is 22.7. The highest BCUT2D eigenvalue weighted by atomic mass is 32.1. The van der Waals surface area contributed by atoms with E-state index >= 15 is 0 Å². The zero-order chi connectivity index (χ0) is 27.2. The number of rotatable bonds is 4. The summed E-state index contributed by atoms with van der Waals surface area (Å²) in [4.78, 5) is 19.0. The normalized spacial score (nSPS) is 11.4. The Hall–Kier alpha value is -5.26. The molecule has 4 nitrogen and oxygen atoms in total. The lowest BCUT2D eigenvalue weighted by atomic mass is 10.00. The molecule has 192 valence electrons. The largest absolute Gasteiger partial charge is 0.265 e. The topological polar surface area (TPSA) is 51.6 Å². The maximum absolute atomic E-state index is 5.01. The van der Waals surface area contributed by atoms with E-state index in [0.29, 0.717) is 5.82 Å². The Morgan fingerprint density at radius 1 is 0.463 bits per heavy atom. The lowest BCUT2D eigenvalue weighted by molar-refractivity contribution is 1.18. The quantitative estimate of drug-likeness (QED) is 0.222. The van der Waals surface area contributed by atoms with Crippen molar-refractivity contribution in [3.8, 4) is 45.0 Å². The molecule has 0 atom stereocenters. The molecule has 0 bridgehead atoms. The molecule has 0 amide bonds. The predicted octanol–water partition coefficient (Wildman–Crippen LogP) is 9.46. The average molecular weight is 543 g/mol. The Kier molecular flexibility index (Phi) is 5.61. The first-order valence-electron chi connectivity index (χ1n) is 13.5. The van der Waals surface area contributed by atoms with E-state index in [2.05, 4.69) is 96.0 Å². The Balaban J connectivity index is 1.18. The second-order valence-electron chi connectivity index (χ2n) is 9.98. The summed E-state index contributed by atoms with van der Waals surface area (Å²) in [5.41, 5.74) is 9.22. The molecule has 0 spiro atoms. The monoisotopic (exact) mass is 542 g/mol. The molecule has 0 aliphatic carbocycles. The molecule has 4 aromatic heterocycles. The lowest BCUT2D eigenvalue weighted by Crippen LogP contribution is -1.96. The van der Waals surface area contributed by atoms with Gasteiger partial charge in [-0.2, -0.15) is 0 Å². The van der Waals surface area contributed by atoms with Gasteiger partial charge in [0, 0.05) is 44.6 Å². The third-order valence-corrected chi connectivity index (χ3v) is 8.50. The molecule has 41 heavy (non-hydrogen) atoms. The van der Waals surface area contributed by atoms with Crippen LogP contribution in [-0.2, 0) is 0 Å². The predicted molar refractivity (Wildman–Crippen MR) is 170 cm³/mol. The van der Waals surface area contributed by atoms with Crippen LogP contribution in [0.4, 0.5) is 0 Å². The van der Waals surface area contributed by atoms with E-state index in [9.17, 15) is 0 Å². The van der Waals surface area contributed by atoms with Gasteiger partial charge >= 0.3 is 0 Å². The maximum atomic E-state index is 5.01. The fraction of sp³-hybridized carbons (Fsp3) is 0. The molecule has 0 N–H and O–H groups in total. The van der Waals surface area contributed by atoms with Gasteiger partial charge in [0.05, 0.1) is 27.1 Å². The van der Waals surface area contributed by atoms with Crippen LogP contribution in [0.2, 0.25) is 0 Å². The molecular formula is C36H22N4S. The molecule has 0 aliphatic rings. The van der Waals surface area contributed by atoms with Gasteiger partial charge in [-0.05, 0) is 53.6 Å². The smallest absolute Gasteiger partial charge is 0.160 e. The van der Waals surface area contributed by atoms with Crippen molar-refractivity contribution < 1.29 is 0 Å². The van der Waals surface area contributed by atoms with Gasteiger partial charge in [0.1, 0.15) is 0 Å². The molecule has 4 heterocycles. The Morgan fingerprint density at radius 3 is 1.95 bits per heavy atom. The average Bonchev–Trinajstić information content (AvgIpc) is 3.41. The van der Waals surface area contributed by atoms with Crippen LogP contribution in [0.3, 0.4) is 0 Å². The van der Waals surface area contributed by atoms with Crippen molar-refractivity contribution in [1.29, 1.82) is 0 Å². The number of benzene rings is 4. The minimum atomic E-state index is 0.683. The summed E-state index contributed by atoms with van der Waals surface area (Å²) in [6.07, 6.45) is 3.54. The molecule has 0 saturated carbocycles. The molecule has 8 rings (SSSR count). The highest BCUT2D eigenvalue weighted by molar-refractivity contribution is 7.25. The summed E-state index contributed by atoms with van der Waals surface area (Å²) < 4.78 is 2.49. The van der Waals surface area contributed by atoms with Gasteiger partial charge in [-0.25, -0.2) is 15.0 Å². The molecule has 0 unspecified atom stereocenters. The summed E-state index contributed by atoms with van der Waals surface area (Å²) in [7, 11) is 0. The minimum absolute atomic E-state index is 0.683. The van der Waals surface area contributed by atoms with Gasteiger partial charge in [-0.1, -0.05) is 78.9 Å². The standard InChI is InChI=1S/C36H22N4S/c1-2-6-24(7-3-1)31-22-32(40-36(39-31)26-16-18-37-19-17-26)25-12-10-23(11-13-25)27-14-15-30-28(20-27)21-34-35(38-30)29-8-4-5-9-33(29)41-34/h1-22H. The van der Waals surface area contributed by atoms with Crippen LogP contribution in [0.25, 0.3) is 76.2 Å². The fourth-order valence-electron chi connectivity index (χ4n) is 5.29. The SMILES string of the molecule is c1ccc(-c2cc(-c3ccc(-c4ccc5nc6c(cc5c4)sc4ccccc46)cc3)nc(-c3ccncc3)n2)cc1. The number of nitrogens with zero attached hydrogens (tertiary/aromatic N) is 4. The first-order chi connectivity index (χ1) is 20.3. The fourth-order valence-corrected chi connectivity index (χ4v) is 6.39. The van der Waals surface area contributed by atoms with E-state index in [4.69, 9.17) is 15.0 Å². The Bertz CT molecular complexity index is 2130. The molecule has 0 aliphatic heterocycles. The van der Waals surface area contributed by atoms with Crippen LogP contribution in [0.1, 0.15) is 0 Å². The third-order valence-electron chi connectivity index (χ3n) is 7.39. The maximum Gasteiger partial charge on any atom is 0.160 e. The number of thiophene rings is 1. The van der Waals surface area contributed by atoms with E-state index in [0.717, 1.165) is 55.6 Å². The van der Waals surface area contributed by atoms with Crippen LogP contribution in [0, 0.1) is 0 Å². The van der Waals surface area contributed by atoms with E-state index in [1.54, 1.807) is 23.7 Å². The molecule has 0 radical (unpaired) electrons. The van der Waals surface area contributed by atoms with Gasteiger partial charge in [-0.15, -0.1) is 11.3 Å². The minimum Gasteiger partial charge on any atom is -0.265 e. The molecule has 0 saturated heterocycles. The Labute approximate surface area is 240 Å². The van der Waals surface area contributed by atoms with Crippen LogP contribution in [-0.4, -0.2) is 19.9 Å². The van der Waals surface area contributed by atoms with E-state index < -0.39 is 0 Å². The Morgan fingerprint density at radius 2 is 1.15 bits per heavy atom. The van der Waals surface area contributed by atoms with Crippen LogP contribution < -0.4 is 0 Å². The first-order valence-corrected chi connectivity index (χ1v) is 14.3. The van der Waals surface area contributed by atoms with Gasteiger partial charge in [0.25, 0.3) is 0 Å². The van der Waals surface area contributed by atoms with Crippen molar-refractivity contribution >= 4 is 42.5 Å². The molecular weight excluding hydrogens is 520 g/mol. The summed E-state index contributed by atoms with van der Waals surface area (Å²) >= 11 is 1.80. The molecule has 8 aromatic rings. The first kappa shape index (κ1) is 23.6. The van der Waals surface area contributed by atoms with E-state index in [1.165, 1.54) is 14.8 Å². The molecule has 4 aromatic carbocycles. The van der Waals surface area contributed by atoms with Gasteiger partial charge < -0.3 is 0 Å². The molecule has 5 heteroatoms. The second-order valence-corrected chi connectivity index (χ2v) is 11.1. The highest BCUT2D eigenvalue weighted by Gasteiger charge is 2.12. The van der Waals surface area contributed by atoms with Crippen molar-refractivity contribution in [1.82, 2.24) is 19.9 Å². The van der Waals surface area contributed by atoms with Gasteiger partial charge in [-0.3, -0.25) is 4.98 Å². The van der Waals surface area contributed by atoms with Crippen molar-refractivity contribution in [2.45, 2.75) is 0 Å². The number of fused-ring (bicyclic) bond motifs is 4. The van der Waals surface area contributed by atoms with Crippen molar-refractivity contribution in [3.05, 3.63) is 134 Å². The summed E-state index contributed by atoms with van der Waals surface area (Å²) in [5.74, 6) is 0.683. The van der Waals surface area contributed by atoms with Crippen LogP contribution in [0.5, 0.6) is 0 Å². The molecule has 0 fully saturated rings. The van der Waals surface area contributed by atoms with Crippen molar-refractivity contribution in [3.63, 3.8) is 0 Å². The third kappa shape index (κ3) is 4.33. The highest BCUT2D eigenvalue weighted by Crippen LogP contribution is 2.36. The lowest BCUT2D eigenvalue weighted by Gasteiger charge is -2.10. The summed E-state index contributed by atoms with van der Waals surface area (Å²) in [6, 6.07) is 42.1. The van der Waals surface area contributed by atoms with Crippen LogP contribution in [0.15, 0.2) is 134 Å². The number of hydrogen-bond donors (Lipinski definition) is 0. The number of aromatic nitrogens is 4. The number of pyridine rings is 2. The van der Waals surface area contributed by atoms with E-state index in [1.807, 2.05) is 30.3 Å². The zero-order valence-electron chi connectivity index (χ0n) is 21.9. The van der Waals surface area contributed by atoms with Gasteiger partial charge in [0.2, 0.25) is 0 Å². The van der Waals surface area contributed by atoms with E-state index in [-0.39, 0.29) is 0 Å². The second kappa shape index (κ2) is 9.73. The van der Waals surface area contributed by atoms with Crippen LogP contribution >= 0.6 is 11.3 Å². The van der Waals surface area contributed by atoms with Crippen molar-refractivity contribution in [2.24, 2.45) is 0 Å².